The third-order valence-electron chi connectivity index (χ3n) is 2.33. The second-order valence-corrected chi connectivity index (χ2v) is 3.95. The van der Waals surface area contributed by atoms with Crippen molar-refractivity contribution in [2.24, 2.45) is 0 Å². The van der Waals surface area contributed by atoms with Crippen LogP contribution < -0.4 is 5.32 Å². The van der Waals surface area contributed by atoms with E-state index in [0.717, 1.165) is 5.69 Å². The Kier molecular flexibility index (Phi) is 2.35. The monoisotopic (exact) mass is 217 g/mol. The van der Waals surface area contributed by atoms with Gasteiger partial charge >= 0.3 is 0 Å². The molecule has 0 fully saturated rings. The van der Waals surface area contributed by atoms with E-state index in [0.29, 0.717) is 17.1 Å². The maximum atomic E-state index is 13.2. The SMILES string of the molecule is FC1(F)CCNc2cc(Cl)ccc2C1. The molecule has 0 aliphatic carbocycles. The Morgan fingerprint density at radius 3 is 2.93 bits per heavy atom. The number of nitrogens with one attached hydrogen (secondary N) is 1. The molecule has 0 radical (unpaired) electrons. The minimum Gasteiger partial charge on any atom is -0.385 e. The number of halogens is 3. The molecule has 0 atom stereocenters. The van der Waals surface area contributed by atoms with Gasteiger partial charge in [0.15, 0.2) is 0 Å². The molecule has 1 aromatic rings. The molecule has 1 heterocycles. The Hall–Kier alpha value is -0.830. The van der Waals surface area contributed by atoms with Gasteiger partial charge in [-0.05, 0) is 17.7 Å². The summed E-state index contributed by atoms with van der Waals surface area (Å²) in [6.45, 7) is 0.292. The molecule has 0 unspecified atom stereocenters. The van der Waals surface area contributed by atoms with Crippen molar-refractivity contribution in [1.82, 2.24) is 0 Å². The Morgan fingerprint density at radius 2 is 2.14 bits per heavy atom. The molecule has 0 saturated heterocycles. The van der Waals surface area contributed by atoms with Gasteiger partial charge in [-0.3, -0.25) is 0 Å². The molecule has 2 rings (SSSR count). The molecule has 14 heavy (non-hydrogen) atoms. The van der Waals surface area contributed by atoms with Crippen LogP contribution in [0.3, 0.4) is 0 Å². The van der Waals surface area contributed by atoms with Crippen LogP contribution in [0.1, 0.15) is 12.0 Å². The normalized spacial score (nSPS) is 19.4. The first kappa shape index (κ1) is 9.71. The predicted octanol–water partition coefficient (Wildman–Crippen LogP) is 3.33. The van der Waals surface area contributed by atoms with Crippen molar-refractivity contribution in [3.63, 3.8) is 0 Å². The quantitative estimate of drug-likeness (QED) is 0.703. The fourth-order valence-electron chi connectivity index (χ4n) is 1.61. The average Bonchev–Trinajstić information content (AvgIpc) is 2.22. The van der Waals surface area contributed by atoms with Gasteiger partial charge in [-0.15, -0.1) is 0 Å². The number of alkyl halides is 2. The van der Waals surface area contributed by atoms with Gasteiger partial charge in [-0.25, -0.2) is 8.78 Å². The Balaban J connectivity index is 2.37. The number of anilines is 1. The molecule has 1 aliphatic heterocycles. The van der Waals surface area contributed by atoms with Crippen molar-refractivity contribution < 1.29 is 8.78 Å². The van der Waals surface area contributed by atoms with E-state index in [2.05, 4.69) is 5.32 Å². The molecule has 1 aliphatic rings. The van der Waals surface area contributed by atoms with Crippen LogP contribution in [0.2, 0.25) is 5.02 Å². The molecule has 1 N–H and O–H groups in total. The second-order valence-electron chi connectivity index (χ2n) is 3.51. The highest BCUT2D eigenvalue weighted by molar-refractivity contribution is 6.30. The molecule has 0 aromatic heterocycles. The number of hydrogen-bond acceptors (Lipinski definition) is 1. The van der Waals surface area contributed by atoms with Crippen LogP contribution in [0, 0.1) is 0 Å². The van der Waals surface area contributed by atoms with E-state index in [1.807, 2.05) is 0 Å². The van der Waals surface area contributed by atoms with E-state index in [9.17, 15) is 8.78 Å². The molecule has 1 nitrogen and oxygen atoms in total. The van der Waals surface area contributed by atoms with Gasteiger partial charge in [-0.2, -0.15) is 0 Å². The van der Waals surface area contributed by atoms with Crippen molar-refractivity contribution in [2.45, 2.75) is 18.8 Å². The highest BCUT2D eigenvalue weighted by atomic mass is 35.5. The summed E-state index contributed by atoms with van der Waals surface area (Å²) in [6.07, 6.45) is -0.328. The Labute approximate surface area is 86.1 Å². The van der Waals surface area contributed by atoms with E-state index in [-0.39, 0.29) is 12.8 Å². The van der Waals surface area contributed by atoms with Crippen LogP contribution in [-0.2, 0) is 6.42 Å². The van der Waals surface area contributed by atoms with E-state index in [4.69, 9.17) is 11.6 Å². The van der Waals surface area contributed by atoms with Gasteiger partial charge in [-0.1, -0.05) is 17.7 Å². The summed E-state index contributed by atoms with van der Waals surface area (Å²) < 4.78 is 26.3. The smallest absolute Gasteiger partial charge is 0.253 e. The van der Waals surface area contributed by atoms with Gasteiger partial charge in [0.25, 0.3) is 5.92 Å². The van der Waals surface area contributed by atoms with E-state index in [1.165, 1.54) is 0 Å². The number of fused-ring (bicyclic) bond motifs is 1. The summed E-state index contributed by atoms with van der Waals surface area (Å²) in [7, 11) is 0. The predicted molar refractivity (Wildman–Crippen MR) is 53.2 cm³/mol. The molecule has 76 valence electrons. The zero-order valence-electron chi connectivity index (χ0n) is 7.49. The lowest BCUT2D eigenvalue weighted by molar-refractivity contribution is -0.00195. The molecule has 0 bridgehead atoms. The van der Waals surface area contributed by atoms with Crippen molar-refractivity contribution in [2.75, 3.05) is 11.9 Å². The van der Waals surface area contributed by atoms with Crippen LogP contribution in [0.5, 0.6) is 0 Å². The number of hydrogen-bond donors (Lipinski definition) is 1. The zero-order chi connectivity index (χ0) is 10.2. The summed E-state index contributed by atoms with van der Waals surface area (Å²) in [4.78, 5) is 0. The summed E-state index contributed by atoms with van der Waals surface area (Å²) in [6, 6.07) is 4.99. The Morgan fingerprint density at radius 1 is 1.36 bits per heavy atom. The zero-order valence-corrected chi connectivity index (χ0v) is 8.24. The number of benzene rings is 1. The second kappa shape index (κ2) is 3.39. The van der Waals surface area contributed by atoms with Crippen molar-refractivity contribution >= 4 is 17.3 Å². The lowest BCUT2D eigenvalue weighted by atomic mass is 10.1. The fourth-order valence-corrected chi connectivity index (χ4v) is 1.79. The average molecular weight is 218 g/mol. The molecule has 0 saturated carbocycles. The maximum Gasteiger partial charge on any atom is 0.253 e. The van der Waals surface area contributed by atoms with Crippen LogP contribution in [-0.4, -0.2) is 12.5 Å². The van der Waals surface area contributed by atoms with Gasteiger partial charge < -0.3 is 5.32 Å². The highest BCUT2D eigenvalue weighted by Gasteiger charge is 2.31. The molecule has 0 spiro atoms. The first-order valence-corrected chi connectivity index (χ1v) is 4.85. The molecular formula is C10H10ClF2N. The lowest BCUT2D eigenvalue weighted by Gasteiger charge is -2.12. The van der Waals surface area contributed by atoms with Gasteiger partial charge in [0.05, 0.1) is 0 Å². The van der Waals surface area contributed by atoms with Crippen LogP contribution in [0.25, 0.3) is 0 Å². The molecule has 4 heteroatoms. The lowest BCUT2D eigenvalue weighted by Crippen LogP contribution is -2.19. The van der Waals surface area contributed by atoms with Crippen molar-refractivity contribution in [3.05, 3.63) is 28.8 Å². The largest absolute Gasteiger partial charge is 0.385 e. The fraction of sp³-hybridized carbons (Fsp3) is 0.400. The summed E-state index contributed by atoms with van der Waals surface area (Å²) >= 11 is 5.77. The minimum atomic E-state index is -2.61. The van der Waals surface area contributed by atoms with Gasteiger partial charge in [0.2, 0.25) is 0 Å². The molecular weight excluding hydrogens is 208 g/mol. The third kappa shape index (κ3) is 1.98. The topological polar surface area (TPSA) is 12.0 Å². The summed E-state index contributed by atoms with van der Waals surface area (Å²) in [5, 5.41) is 3.53. The molecule has 1 aromatic carbocycles. The third-order valence-corrected chi connectivity index (χ3v) is 2.56. The van der Waals surface area contributed by atoms with E-state index >= 15 is 0 Å². The first-order chi connectivity index (χ1) is 6.57. The van der Waals surface area contributed by atoms with Crippen LogP contribution in [0.4, 0.5) is 14.5 Å². The summed E-state index contributed by atoms with van der Waals surface area (Å²) in [5.41, 5.74) is 1.37. The first-order valence-electron chi connectivity index (χ1n) is 4.47. The standard InChI is InChI=1S/C10H10ClF2N/c11-8-2-1-7-6-10(12,13)3-4-14-9(7)5-8/h1-2,5,14H,3-4,6H2. The highest BCUT2D eigenvalue weighted by Crippen LogP contribution is 2.32. The maximum absolute atomic E-state index is 13.2. The Bertz CT molecular complexity index is 352. The number of rotatable bonds is 0. The van der Waals surface area contributed by atoms with Crippen molar-refractivity contribution in [1.29, 1.82) is 0 Å². The molecule has 0 amide bonds. The van der Waals surface area contributed by atoms with Crippen molar-refractivity contribution in [3.8, 4) is 0 Å². The van der Waals surface area contributed by atoms with Gasteiger partial charge in [0, 0.05) is 30.1 Å². The van der Waals surface area contributed by atoms with E-state index < -0.39 is 5.92 Å². The van der Waals surface area contributed by atoms with Crippen LogP contribution >= 0.6 is 11.6 Å². The minimum absolute atomic E-state index is 0.126. The summed E-state index contributed by atoms with van der Waals surface area (Å²) in [5.74, 6) is -2.61. The van der Waals surface area contributed by atoms with E-state index in [1.54, 1.807) is 18.2 Å². The van der Waals surface area contributed by atoms with Gasteiger partial charge in [0.1, 0.15) is 0 Å². The van der Waals surface area contributed by atoms with Crippen LogP contribution in [0.15, 0.2) is 18.2 Å².